The third kappa shape index (κ3) is 3.58. The minimum absolute atomic E-state index is 0.0401. The Labute approximate surface area is 161 Å². The van der Waals surface area contributed by atoms with Crippen LogP contribution in [0.1, 0.15) is 40.9 Å². The zero-order valence-electron chi connectivity index (χ0n) is 14.8. The minimum atomic E-state index is -0.352. The molecule has 5 heteroatoms. The van der Waals surface area contributed by atoms with Gasteiger partial charge in [0, 0.05) is 29.1 Å². The van der Waals surface area contributed by atoms with Crippen LogP contribution in [0.25, 0.3) is 5.57 Å². The summed E-state index contributed by atoms with van der Waals surface area (Å²) in [5, 5.41) is 0. The lowest BCUT2D eigenvalue weighted by atomic mass is 9.94. The van der Waals surface area contributed by atoms with Gasteiger partial charge in [0.05, 0.1) is 5.69 Å². The minimum Gasteiger partial charge on any atom is -0.461 e. The van der Waals surface area contributed by atoms with Crippen LogP contribution in [0, 0.1) is 0 Å². The van der Waals surface area contributed by atoms with Crippen molar-refractivity contribution >= 4 is 39.1 Å². The number of esters is 1. The van der Waals surface area contributed by atoms with Crippen LogP contribution in [-0.2, 0) is 22.6 Å². The van der Waals surface area contributed by atoms with E-state index in [1.807, 2.05) is 43.3 Å². The molecule has 0 fully saturated rings. The van der Waals surface area contributed by atoms with E-state index in [4.69, 9.17) is 4.74 Å². The number of anilines is 1. The first-order valence-electron chi connectivity index (χ1n) is 8.40. The molecule has 0 radical (unpaired) electrons. The van der Waals surface area contributed by atoms with E-state index in [1.54, 1.807) is 4.90 Å². The number of ether oxygens (including phenoxy) is 1. The van der Waals surface area contributed by atoms with Gasteiger partial charge in [0.1, 0.15) is 6.61 Å². The van der Waals surface area contributed by atoms with Crippen molar-refractivity contribution in [2.24, 2.45) is 0 Å². The van der Waals surface area contributed by atoms with Gasteiger partial charge in [-0.3, -0.25) is 9.59 Å². The van der Waals surface area contributed by atoms with E-state index >= 15 is 0 Å². The topological polar surface area (TPSA) is 46.6 Å². The number of hydrogen-bond acceptors (Lipinski definition) is 3. The Hall–Kier alpha value is -2.40. The van der Waals surface area contributed by atoms with E-state index in [-0.39, 0.29) is 18.5 Å². The Kier molecular flexibility index (Phi) is 5.28. The molecule has 0 spiro atoms. The molecule has 2 aromatic rings. The summed E-state index contributed by atoms with van der Waals surface area (Å²) in [5.74, 6) is -0.393. The van der Waals surface area contributed by atoms with Crippen LogP contribution in [-0.4, -0.2) is 18.4 Å². The number of nitrogens with zero attached hydrogens (tertiary/aromatic N) is 1. The fourth-order valence-electron chi connectivity index (χ4n) is 3.10. The third-order valence-electron chi connectivity index (χ3n) is 4.48. The van der Waals surface area contributed by atoms with Crippen LogP contribution in [0.2, 0.25) is 0 Å². The zero-order chi connectivity index (χ0) is 18.8. The lowest BCUT2D eigenvalue weighted by Gasteiger charge is -2.31. The van der Waals surface area contributed by atoms with Gasteiger partial charge in [0.25, 0.3) is 5.91 Å². The molecule has 2 aromatic carbocycles. The number of halogens is 1. The van der Waals surface area contributed by atoms with Crippen molar-refractivity contribution in [1.29, 1.82) is 0 Å². The second-order valence-corrected chi connectivity index (χ2v) is 7.23. The average molecular weight is 414 g/mol. The molecule has 1 amide bonds. The van der Waals surface area contributed by atoms with Gasteiger partial charge in [0.2, 0.25) is 0 Å². The van der Waals surface area contributed by atoms with E-state index in [0.29, 0.717) is 12.1 Å². The molecule has 0 atom stereocenters. The van der Waals surface area contributed by atoms with Crippen LogP contribution in [0.5, 0.6) is 0 Å². The SMILES string of the molecule is C=C(C)c1ccc2c(c1)CCN(c1cccc(Br)c1COC(C)=O)C2=O. The lowest BCUT2D eigenvalue weighted by molar-refractivity contribution is -0.142. The molecule has 1 aliphatic heterocycles. The van der Waals surface area contributed by atoms with Gasteiger partial charge < -0.3 is 9.64 Å². The van der Waals surface area contributed by atoms with Gasteiger partial charge in [0.15, 0.2) is 0 Å². The summed E-state index contributed by atoms with van der Waals surface area (Å²) in [6, 6.07) is 11.5. The quantitative estimate of drug-likeness (QED) is 0.679. The van der Waals surface area contributed by atoms with Crippen LogP contribution < -0.4 is 4.90 Å². The highest BCUT2D eigenvalue weighted by atomic mass is 79.9. The lowest BCUT2D eigenvalue weighted by Crippen LogP contribution is -2.38. The molecule has 0 saturated carbocycles. The number of fused-ring (bicyclic) bond motifs is 1. The number of benzene rings is 2. The Morgan fingerprint density at radius 3 is 2.73 bits per heavy atom. The molecule has 134 valence electrons. The van der Waals surface area contributed by atoms with Crippen molar-refractivity contribution in [3.63, 3.8) is 0 Å². The predicted molar refractivity (Wildman–Crippen MR) is 106 cm³/mol. The normalized spacial score (nSPS) is 13.3. The molecule has 26 heavy (non-hydrogen) atoms. The highest BCUT2D eigenvalue weighted by molar-refractivity contribution is 9.10. The number of carbonyl (C=O) groups excluding carboxylic acids is 2. The van der Waals surface area contributed by atoms with Gasteiger partial charge in [-0.05, 0) is 42.7 Å². The smallest absolute Gasteiger partial charge is 0.302 e. The van der Waals surface area contributed by atoms with E-state index < -0.39 is 0 Å². The second-order valence-electron chi connectivity index (χ2n) is 6.38. The summed E-state index contributed by atoms with van der Waals surface area (Å²) in [5.41, 5.74) is 5.35. The van der Waals surface area contributed by atoms with Crippen LogP contribution >= 0.6 is 15.9 Å². The fourth-order valence-corrected chi connectivity index (χ4v) is 3.57. The first-order chi connectivity index (χ1) is 12.4. The van der Waals surface area contributed by atoms with Crippen LogP contribution in [0.3, 0.4) is 0 Å². The molecule has 0 N–H and O–H groups in total. The molecule has 1 aliphatic rings. The van der Waals surface area contributed by atoms with Crippen LogP contribution in [0.15, 0.2) is 47.4 Å². The van der Waals surface area contributed by atoms with Gasteiger partial charge in [-0.2, -0.15) is 0 Å². The van der Waals surface area contributed by atoms with E-state index in [9.17, 15) is 9.59 Å². The van der Waals surface area contributed by atoms with E-state index in [0.717, 1.165) is 38.8 Å². The summed E-state index contributed by atoms with van der Waals surface area (Å²) in [6.45, 7) is 8.00. The Bertz CT molecular complexity index is 904. The Morgan fingerprint density at radius 2 is 2.04 bits per heavy atom. The van der Waals surface area contributed by atoms with Crippen molar-refractivity contribution in [3.05, 3.63) is 69.7 Å². The maximum absolute atomic E-state index is 13.1. The summed E-state index contributed by atoms with van der Waals surface area (Å²) < 4.78 is 5.98. The van der Waals surface area contributed by atoms with Crippen molar-refractivity contribution in [2.45, 2.75) is 26.9 Å². The summed E-state index contributed by atoms with van der Waals surface area (Å²) in [4.78, 5) is 26.0. The standard InChI is InChI=1S/C21H20BrNO3/c1-13(2)15-7-8-17-16(11-15)9-10-23(21(17)25)20-6-4-5-19(22)18(20)12-26-14(3)24/h4-8,11H,1,9-10,12H2,2-3H3. The summed E-state index contributed by atoms with van der Waals surface area (Å²) in [7, 11) is 0. The van der Waals surface area contributed by atoms with E-state index in [2.05, 4.69) is 22.5 Å². The molecule has 0 aliphatic carbocycles. The van der Waals surface area contributed by atoms with Gasteiger partial charge in [-0.15, -0.1) is 0 Å². The van der Waals surface area contributed by atoms with E-state index in [1.165, 1.54) is 6.92 Å². The molecule has 0 saturated heterocycles. The first-order valence-corrected chi connectivity index (χ1v) is 9.19. The Morgan fingerprint density at radius 1 is 1.27 bits per heavy atom. The molecule has 4 nitrogen and oxygen atoms in total. The van der Waals surface area contributed by atoms with Gasteiger partial charge in [-0.25, -0.2) is 0 Å². The van der Waals surface area contributed by atoms with Gasteiger partial charge >= 0.3 is 5.97 Å². The average Bonchev–Trinajstić information content (AvgIpc) is 2.60. The summed E-state index contributed by atoms with van der Waals surface area (Å²) in [6.07, 6.45) is 0.766. The number of amides is 1. The van der Waals surface area contributed by atoms with Crippen molar-refractivity contribution < 1.29 is 14.3 Å². The monoisotopic (exact) mass is 413 g/mol. The van der Waals surface area contributed by atoms with Crippen molar-refractivity contribution in [2.75, 3.05) is 11.4 Å². The molecular formula is C21H20BrNO3. The molecular weight excluding hydrogens is 394 g/mol. The number of hydrogen-bond donors (Lipinski definition) is 0. The third-order valence-corrected chi connectivity index (χ3v) is 5.23. The highest BCUT2D eigenvalue weighted by Crippen LogP contribution is 2.33. The molecule has 0 aromatic heterocycles. The van der Waals surface area contributed by atoms with Crippen LogP contribution in [0.4, 0.5) is 5.69 Å². The fraction of sp³-hybridized carbons (Fsp3) is 0.238. The zero-order valence-corrected chi connectivity index (χ0v) is 16.4. The largest absolute Gasteiger partial charge is 0.461 e. The second kappa shape index (κ2) is 7.46. The van der Waals surface area contributed by atoms with Crippen molar-refractivity contribution in [1.82, 2.24) is 0 Å². The number of carbonyl (C=O) groups is 2. The molecule has 0 unspecified atom stereocenters. The van der Waals surface area contributed by atoms with Crippen molar-refractivity contribution in [3.8, 4) is 0 Å². The summed E-state index contributed by atoms with van der Waals surface area (Å²) >= 11 is 3.50. The maximum atomic E-state index is 13.1. The first kappa shape index (κ1) is 18.4. The highest BCUT2D eigenvalue weighted by Gasteiger charge is 2.27. The predicted octanol–water partition coefficient (Wildman–Crippen LogP) is 4.75. The Balaban J connectivity index is 1.97. The number of rotatable bonds is 4. The number of allylic oxidation sites excluding steroid dienone is 1. The molecule has 3 rings (SSSR count). The van der Waals surface area contributed by atoms with Gasteiger partial charge in [-0.1, -0.05) is 46.3 Å². The maximum Gasteiger partial charge on any atom is 0.302 e. The molecule has 1 heterocycles. The molecule has 0 bridgehead atoms.